The van der Waals surface area contributed by atoms with E-state index in [1.165, 1.54) is 0 Å². The highest BCUT2D eigenvalue weighted by Gasteiger charge is 2.24. The van der Waals surface area contributed by atoms with Gasteiger partial charge in [-0.25, -0.2) is 0 Å². The third kappa shape index (κ3) is 3.30. The first-order valence-corrected chi connectivity index (χ1v) is 8.03. The van der Waals surface area contributed by atoms with Crippen LogP contribution in [0.1, 0.15) is 25.7 Å². The molecule has 0 aromatic heterocycles. The monoisotopic (exact) mass is 301 g/mol. The van der Waals surface area contributed by atoms with Crippen LogP contribution in [0.25, 0.3) is 0 Å². The van der Waals surface area contributed by atoms with Gasteiger partial charge in [0.25, 0.3) is 0 Å². The van der Waals surface area contributed by atoms with Gasteiger partial charge in [0.2, 0.25) is 11.8 Å². The van der Waals surface area contributed by atoms with Gasteiger partial charge in [-0.15, -0.1) is 0 Å². The fourth-order valence-corrected chi connectivity index (χ4v) is 3.27. The Kier molecular flexibility index (Phi) is 4.43. The average molecular weight is 301 g/mol. The summed E-state index contributed by atoms with van der Waals surface area (Å²) < 4.78 is 0. The minimum Gasteiger partial charge on any atom is -0.326 e. The molecule has 0 aliphatic carbocycles. The first-order valence-electron chi connectivity index (χ1n) is 8.03. The quantitative estimate of drug-likeness (QED) is 0.930. The maximum atomic E-state index is 12.3. The molecule has 118 valence electrons. The predicted octanol–water partition coefficient (Wildman–Crippen LogP) is 2.09. The standard InChI is InChI=1S/C17H23N3O2/c1-19-10-2-4-13(12-19)17(22)18-14-6-8-15(9-7-14)20-11-3-5-16(20)21/h6-9,13H,2-5,10-12H2,1H3,(H,18,22). The summed E-state index contributed by atoms with van der Waals surface area (Å²) in [6, 6.07) is 7.58. The van der Waals surface area contributed by atoms with E-state index in [2.05, 4.69) is 17.3 Å². The Labute approximate surface area is 131 Å². The molecule has 0 bridgehead atoms. The summed E-state index contributed by atoms with van der Waals surface area (Å²) in [6.07, 6.45) is 3.58. The topological polar surface area (TPSA) is 52.7 Å². The average Bonchev–Trinajstić information content (AvgIpc) is 2.94. The van der Waals surface area contributed by atoms with E-state index in [1.54, 1.807) is 0 Å². The lowest BCUT2D eigenvalue weighted by Crippen LogP contribution is -2.38. The number of amides is 2. The maximum absolute atomic E-state index is 12.3. The normalized spacial score (nSPS) is 22.9. The summed E-state index contributed by atoms with van der Waals surface area (Å²) in [5.41, 5.74) is 1.71. The van der Waals surface area contributed by atoms with E-state index in [4.69, 9.17) is 0 Å². The van der Waals surface area contributed by atoms with Gasteiger partial charge in [0.15, 0.2) is 0 Å². The number of benzene rings is 1. The summed E-state index contributed by atoms with van der Waals surface area (Å²) in [6.45, 7) is 2.69. The molecule has 5 heteroatoms. The van der Waals surface area contributed by atoms with Crippen molar-refractivity contribution in [2.45, 2.75) is 25.7 Å². The van der Waals surface area contributed by atoms with E-state index in [9.17, 15) is 9.59 Å². The zero-order valence-electron chi connectivity index (χ0n) is 13.0. The van der Waals surface area contributed by atoms with Gasteiger partial charge in [-0.3, -0.25) is 9.59 Å². The van der Waals surface area contributed by atoms with Crippen LogP contribution in [-0.4, -0.2) is 43.4 Å². The summed E-state index contributed by atoms with van der Waals surface area (Å²) >= 11 is 0. The van der Waals surface area contributed by atoms with Crippen molar-refractivity contribution in [3.8, 4) is 0 Å². The molecule has 1 atom stereocenters. The van der Waals surface area contributed by atoms with E-state index in [0.29, 0.717) is 6.42 Å². The first-order chi connectivity index (χ1) is 10.6. The predicted molar refractivity (Wildman–Crippen MR) is 86.9 cm³/mol. The molecule has 22 heavy (non-hydrogen) atoms. The number of nitrogens with zero attached hydrogens (tertiary/aromatic N) is 2. The summed E-state index contributed by atoms with van der Waals surface area (Å²) in [7, 11) is 2.06. The number of anilines is 2. The molecule has 2 amide bonds. The highest BCUT2D eigenvalue weighted by atomic mass is 16.2. The number of rotatable bonds is 3. The van der Waals surface area contributed by atoms with Gasteiger partial charge < -0.3 is 15.1 Å². The van der Waals surface area contributed by atoms with Crippen LogP contribution < -0.4 is 10.2 Å². The number of likely N-dealkylation sites (tertiary alicyclic amines) is 1. The molecule has 1 N–H and O–H groups in total. The Balaban J connectivity index is 1.61. The molecular weight excluding hydrogens is 278 g/mol. The van der Waals surface area contributed by atoms with Gasteiger partial charge in [-0.05, 0) is 57.1 Å². The van der Waals surface area contributed by atoms with Crippen LogP contribution in [0, 0.1) is 5.92 Å². The number of piperidine rings is 1. The Morgan fingerprint density at radius 1 is 1.18 bits per heavy atom. The molecule has 2 saturated heterocycles. The van der Waals surface area contributed by atoms with Crippen molar-refractivity contribution in [3.63, 3.8) is 0 Å². The molecule has 0 radical (unpaired) electrons. The largest absolute Gasteiger partial charge is 0.326 e. The molecule has 1 unspecified atom stereocenters. The van der Waals surface area contributed by atoms with Crippen LogP contribution in [0.2, 0.25) is 0 Å². The van der Waals surface area contributed by atoms with Crippen LogP contribution in [0.5, 0.6) is 0 Å². The van der Waals surface area contributed by atoms with E-state index in [0.717, 1.165) is 50.3 Å². The second kappa shape index (κ2) is 6.48. The van der Waals surface area contributed by atoms with Gasteiger partial charge in [0.05, 0.1) is 5.92 Å². The zero-order chi connectivity index (χ0) is 15.5. The number of hydrogen-bond acceptors (Lipinski definition) is 3. The summed E-state index contributed by atoms with van der Waals surface area (Å²) in [5, 5.41) is 2.99. The summed E-state index contributed by atoms with van der Waals surface area (Å²) in [5.74, 6) is 0.345. The minimum absolute atomic E-state index is 0.0681. The second-order valence-corrected chi connectivity index (χ2v) is 6.29. The highest BCUT2D eigenvalue weighted by molar-refractivity contribution is 5.96. The zero-order valence-corrected chi connectivity index (χ0v) is 13.0. The molecule has 5 nitrogen and oxygen atoms in total. The van der Waals surface area contributed by atoms with E-state index in [1.807, 2.05) is 29.2 Å². The van der Waals surface area contributed by atoms with Crippen LogP contribution in [0.15, 0.2) is 24.3 Å². The molecule has 2 heterocycles. The Hall–Kier alpha value is -1.88. The lowest BCUT2D eigenvalue weighted by Gasteiger charge is -2.28. The molecule has 0 saturated carbocycles. The van der Waals surface area contributed by atoms with Gasteiger partial charge in [0.1, 0.15) is 0 Å². The van der Waals surface area contributed by atoms with Crippen molar-refractivity contribution in [1.82, 2.24) is 4.90 Å². The third-order valence-electron chi connectivity index (χ3n) is 4.52. The molecular formula is C17H23N3O2. The first kappa shape index (κ1) is 15.0. The number of nitrogens with one attached hydrogen (secondary N) is 1. The van der Waals surface area contributed by atoms with Gasteiger partial charge in [-0.1, -0.05) is 0 Å². The van der Waals surface area contributed by atoms with Crippen molar-refractivity contribution in [2.24, 2.45) is 5.92 Å². The number of carbonyl (C=O) groups excluding carboxylic acids is 2. The molecule has 1 aromatic rings. The van der Waals surface area contributed by atoms with E-state index < -0.39 is 0 Å². The SMILES string of the molecule is CN1CCCC(C(=O)Nc2ccc(N3CCCC3=O)cc2)C1. The van der Waals surface area contributed by atoms with Crippen LogP contribution in [-0.2, 0) is 9.59 Å². The van der Waals surface area contributed by atoms with Crippen LogP contribution in [0.3, 0.4) is 0 Å². The van der Waals surface area contributed by atoms with Gasteiger partial charge in [-0.2, -0.15) is 0 Å². The highest BCUT2D eigenvalue weighted by Crippen LogP contribution is 2.24. The maximum Gasteiger partial charge on any atom is 0.228 e. The van der Waals surface area contributed by atoms with Crippen molar-refractivity contribution in [3.05, 3.63) is 24.3 Å². The lowest BCUT2D eigenvalue weighted by molar-refractivity contribution is -0.121. The second-order valence-electron chi connectivity index (χ2n) is 6.29. The van der Waals surface area contributed by atoms with E-state index in [-0.39, 0.29) is 17.7 Å². The minimum atomic E-state index is 0.0681. The molecule has 2 fully saturated rings. The Bertz CT molecular complexity index is 556. The Morgan fingerprint density at radius 3 is 2.59 bits per heavy atom. The number of hydrogen-bond donors (Lipinski definition) is 1. The van der Waals surface area contributed by atoms with Crippen molar-refractivity contribution in [2.75, 3.05) is 36.9 Å². The van der Waals surface area contributed by atoms with Gasteiger partial charge in [0, 0.05) is 30.9 Å². The fourth-order valence-electron chi connectivity index (χ4n) is 3.27. The lowest BCUT2D eigenvalue weighted by atomic mass is 9.97. The van der Waals surface area contributed by atoms with Crippen LogP contribution in [0.4, 0.5) is 11.4 Å². The fraction of sp³-hybridized carbons (Fsp3) is 0.529. The molecule has 0 spiro atoms. The van der Waals surface area contributed by atoms with Crippen LogP contribution >= 0.6 is 0 Å². The van der Waals surface area contributed by atoms with Gasteiger partial charge >= 0.3 is 0 Å². The molecule has 2 aliphatic heterocycles. The smallest absolute Gasteiger partial charge is 0.228 e. The third-order valence-corrected chi connectivity index (χ3v) is 4.52. The molecule has 2 aliphatic rings. The van der Waals surface area contributed by atoms with Crippen molar-refractivity contribution >= 4 is 23.2 Å². The van der Waals surface area contributed by atoms with Crippen molar-refractivity contribution in [1.29, 1.82) is 0 Å². The summed E-state index contributed by atoms with van der Waals surface area (Å²) in [4.78, 5) is 28.0. The van der Waals surface area contributed by atoms with Crippen molar-refractivity contribution < 1.29 is 9.59 Å². The van der Waals surface area contributed by atoms with E-state index >= 15 is 0 Å². The molecule has 1 aromatic carbocycles. The number of carbonyl (C=O) groups is 2. The Morgan fingerprint density at radius 2 is 1.95 bits per heavy atom. The molecule has 3 rings (SSSR count).